The second-order valence-corrected chi connectivity index (χ2v) is 5.68. The molecular weight excluding hydrogens is 329 g/mol. The van der Waals surface area contributed by atoms with Crippen LogP contribution in [0.25, 0.3) is 11.8 Å². The van der Waals surface area contributed by atoms with Crippen LogP contribution in [0.1, 0.15) is 18.1 Å². The largest absolute Gasteiger partial charge is 0.468 e. The molecule has 1 N–H and O–H groups in total. The van der Waals surface area contributed by atoms with Gasteiger partial charge in [0, 0.05) is 28.8 Å². The summed E-state index contributed by atoms with van der Waals surface area (Å²) < 4.78 is 41.9. The molecule has 0 fully saturated rings. The summed E-state index contributed by atoms with van der Waals surface area (Å²) >= 11 is 0. The molecule has 25 heavy (non-hydrogen) atoms. The summed E-state index contributed by atoms with van der Waals surface area (Å²) in [6.07, 6.45) is -1.76. The second-order valence-electron chi connectivity index (χ2n) is 5.68. The maximum Gasteiger partial charge on any atom is 0.422 e. The van der Waals surface area contributed by atoms with Gasteiger partial charge in [-0.05, 0) is 23.6 Å². The van der Waals surface area contributed by atoms with Crippen LogP contribution in [0.15, 0.2) is 48.7 Å². The molecule has 0 radical (unpaired) electrons. The first-order chi connectivity index (χ1) is 11.9. The third-order valence-corrected chi connectivity index (χ3v) is 3.88. The lowest BCUT2D eigenvalue weighted by molar-refractivity contribution is -0.154. The molecule has 0 saturated carbocycles. The predicted octanol–water partition coefficient (Wildman–Crippen LogP) is 2.64. The van der Waals surface area contributed by atoms with E-state index in [0.29, 0.717) is 11.0 Å². The molecule has 0 spiro atoms. The van der Waals surface area contributed by atoms with E-state index in [1.54, 1.807) is 12.3 Å². The van der Waals surface area contributed by atoms with Crippen molar-refractivity contribution in [2.45, 2.75) is 19.5 Å². The van der Waals surface area contributed by atoms with Crippen molar-refractivity contribution in [1.29, 1.82) is 0 Å². The minimum absolute atomic E-state index is 0.0677. The minimum Gasteiger partial charge on any atom is -0.468 e. The van der Waals surface area contributed by atoms with E-state index < -0.39 is 12.8 Å². The smallest absolute Gasteiger partial charge is 0.422 e. The van der Waals surface area contributed by atoms with Gasteiger partial charge in [0.25, 0.3) is 0 Å². The molecule has 1 aliphatic rings. The van der Waals surface area contributed by atoms with Crippen molar-refractivity contribution < 1.29 is 17.9 Å². The van der Waals surface area contributed by atoms with Crippen molar-refractivity contribution in [3.63, 3.8) is 0 Å². The number of fused-ring (bicyclic) bond motifs is 1. The molecule has 0 aliphatic carbocycles. The van der Waals surface area contributed by atoms with E-state index in [2.05, 4.69) is 23.8 Å². The highest BCUT2D eigenvalue weighted by Crippen LogP contribution is 2.20. The van der Waals surface area contributed by atoms with Gasteiger partial charge in [-0.3, -0.25) is 0 Å². The minimum atomic E-state index is -4.41. The molecule has 3 rings (SSSR count). The molecule has 1 aliphatic heterocycles. The molecule has 0 saturated heterocycles. The molecule has 0 atom stereocenters. The lowest BCUT2D eigenvalue weighted by Crippen LogP contribution is -2.38. The number of halogens is 3. The van der Waals surface area contributed by atoms with Gasteiger partial charge in [-0.15, -0.1) is 0 Å². The number of hydrogen-bond acceptors (Lipinski definition) is 3. The molecular formula is C19H17F3N2O. The van der Waals surface area contributed by atoms with Crippen LogP contribution in [0, 0.1) is 0 Å². The van der Waals surface area contributed by atoms with Crippen LogP contribution >= 0.6 is 0 Å². The number of rotatable bonds is 4. The molecule has 6 heteroatoms. The first kappa shape index (κ1) is 17.1. The summed E-state index contributed by atoms with van der Waals surface area (Å²) in [5.41, 5.74) is 3.47. The van der Waals surface area contributed by atoms with E-state index in [4.69, 9.17) is 4.74 Å². The Hall–Kier alpha value is -2.76. The predicted molar refractivity (Wildman–Crippen MR) is 90.1 cm³/mol. The standard InChI is InChI=1S/C19H17F3N2O/c1-3-13-4-6-14(7-5-13)17-12(2)23-10-15-8-9-16(24-18(15)17)25-11-19(20,21)22/h4-10,23H,2-3,11H2,1H3. The molecule has 3 nitrogen and oxygen atoms in total. The van der Waals surface area contributed by atoms with Gasteiger partial charge in [0.15, 0.2) is 6.61 Å². The molecule has 0 bridgehead atoms. The zero-order valence-corrected chi connectivity index (χ0v) is 13.7. The maximum atomic E-state index is 12.4. The molecule has 2 aromatic rings. The fourth-order valence-corrected chi connectivity index (χ4v) is 2.60. The summed E-state index contributed by atoms with van der Waals surface area (Å²) in [5.74, 6) is -0.0677. The molecule has 0 unspecified atom stereocenters. The fourth-order valence-electron chi connectivity index (χ4n) is 2.60. The number of allylic oxidation sites excluding steroid dienone is 1. The first-order valence-corrected chi connectivity index (χ1v) is 7.83. The maximum absolute atomic E-state index is 12.4. The Bertz CT molecular complexity index is 915. The monoisotopic (exact) mass is 346 g/mol. The van der Waals surface area contributed by atoms with Crippen LogP contribution in [0.4, 0.5) is 13.2 Å². The highest BCUT2D eigenvalue weighted by atomic mass is 19.4. The van der Waals surface area contributed by atoms with Crippen LogP contribution < -0.4 is 20.6 Å². The Morgan fingerprint density at radius 2 is 1.84 bits per heavy atom. The van der Waals surface area contributed by atoms with E-state index in [1.807, 2.05) is 24.3 Å². The van der Waals surface area contributed by atoms with E-state index in [1.165, 1.54) is 11.6 Å². The van der Waals surface area contributed by atoms with Gasteiger partial charge >= 0.3 is 6.18 Å². The number of benzene rings is 1. The van der Waals surface area contributed by atoms with Gasteiger partial charge in [0.2, 0.25) is 5.88 Å². The summed E-state index contributed by atoms with van der Waals surface area (Å²) in [7, 11) is 0. The quantitative estimate of drug-likeness (QED) is 0.924. The Morgan fingerprint density at radius 1 is 1.12 bits per heavy atom. The number of nitrogens with one attached hydrogen (secondary N) is 1. The number of nitrogens with zero attached hydrogens (tertiary/aromatic N) is 1. The van der Waals surface area contributed by atoms with Gasteiger partial charge in [-0.2, -0.15) is 13.2 Å². The van der Waals surface area contributed by atoms with Gasteiger partial charge in [0.1, 0.15) is 0 Å². The molecule has 1 aromatic carbocycles. The summed E-state index contributed by atoms with van der Waals surface area (Å²) in [4.78, 5) is 4.28. The molecule has 0 amide bonds. The Balaban J connectivity index is 2.10. The van der Waals surface area contributed by atoms with E-state index >= 15 is 0 Å². The van der Waals surface area contributed by atoms with Crippen LogP contribution in [-0.2, 0) is 6.42 Å². The Kier molecular flexibility index (Phi) is 4.53. The fraction of sp³-hybridized carbons (Fsp3) is 0.211. The van der Waals surface area contributed by atoms with E-state index in [9.17, 15) is 13.2 Å². The van der Waals surface area contributed by atoms with Crippen molar-refractivity contribution >= 4 is 11.8 Å². The highest BCUT2D eigenvalue weighted by Gasteiger charge is 2.28. The summed E-state index contributed by atoms with van der Waals surface area (Å²) in [5, 5.41) is 4.39. The molecule has 130 valence electrons. The lowest BCUT2D eigenvalue weighted by atomic mass is 9.98. The average Bonchev–Trinajstić information content (AvgIpc) is 2.59. The Morgan fingerprint density at radius 3 is 2.48 bits per heavy atom. The van der Waals surface area contributed by atoms with Gasteiger partial charge < -0.3 is 10.1 Å². The zero-order chi connectivity index (χ0) is 18.0. The number of aromatic nitrogens is 1. The van der Waals surface area contributed by atoms with Crippen LogP contribution in [-0.4, -0.2) is 17.8 Å². The lowest BCUT2D eigenvalue weighted by Gasteiger charge is -2.16. The normalized spacial score (nSPS) is 13.8. The highest BCUT2D eigenvalue weighted by molar-refractivity contribution is 5.79. The zero-order valence-electron chi connectivity index (χ0n) is 13.7. The van der Waals surface area contributed by atoms with Crippen LogP contribution in [0.5, 0.6) is 5.88 Å². The summed E-state index contributed by atoms with van der Waals surface area (Å²) in [6, 6.07) is 11.0. The van der Waals surface area contributed by atoms with Crippen molar-refractivity contribution in [1.82, 2.24) is 10.3 Å². The topological polar surface area (TPSA) is 34.1 Å². The number of alkyl halides is 3. The first-order valence-electron chi connectivity index (χ1n) is 7.83. The average molecular weight is 346 g/mol. The van der Waals surface area contributed by atoms with Gasteiger partial charge in [-0.25, -0.2) is 4.98 Å². The van der Waals surface area contributed by atoms with Crippen molar-refractivity contribution in [2.24, 2.45) is 0 Å². The van der Waals surface area contributed by atoms with Crippen LogP contribution in [0.2, 0.25) is 0 Å². The van der Waals surface area contributed by atoms with Gasteiger partial charge in [0.05, 0.1) is 5.35 Å². The van der Waals surface area contributed by atoms with Crippen molar-refractivity contribution in [2.75, 3.05) is 6.61 Å². The third kappa shape index (κ3) is 3.84. The number of hydrogen-bond donors (Lipinski definition) is 1. The van der Waals surface area contributed by atoms with Crippen molar-refractivity contribution in [3.8, 4) is 5.88 Å². The third-order valence-electron chi connectivity index (χ3n) is 3.88. The number of aryl methyl sites for hydroxylation is 1. The second kappa shape index (κ2) is 6.63. The van der Waals surface area contributed by atoms with Gasteiger partial charge in [-0.1, -0.05) is 37.8 Å². The SMILES string of the molecule is C=C1NC=c2ccc(OCC(F)(F)F)nc2=C1c1ccc(CC)cc1. The van der Waals surface area contributed by atoms with E-state index in [0.717, 1.165) is 22.8 Å². The molecule has 1 aromatic heterocycles. The van der Waals surface area contributed by atoms with Crippen molar-refractivity contribution in [3.05, 3.63) is 70.4 Å². The number of ether oxygens (including phenoxy) is 1. The summed E-state index contributed by atoms with van der Waals surface area (Å²) in [6.45, 7) is 4.68. The number of pyridine rings is 1. The Labute approximate surface area is 143 Å². The molecule has 2 heterocycles. The van der Waals surface area contributed by atoms with E-state index in [-0.39, 0.29) is 5.88 Å². The van der Waals surface area contributed by atoms with Crippen LogP contribution in [0.3, 0.4) is 0 Å².